The normalized spacial score (nSPS) is 10.6. The number of carboxylic acid groups (broad SMARTS) is 2. The maximum absolute atomic E-state index is 12.0. The van der Waals surface area contributed by atoms with Crippen LogP contribution in [0.15, 0.2) is 54.6 Å². The van der Waals surface area contributed by atoms with E-state index in [2.05, 4.69) is 0 Å². The van der Waals surface area contributed by atoms with E-state index in [1.54, 1.807) is 32.0 Å². The topological polar surface area (TPSA) is 244 Å². The van der Waals surface area contributed by atoms with E-state index in [9.17, 15) is 34.2 Å². The summed E-state index contributed by atoms with van der Waals surface area (Å²) in [5.74, 6) is -3.84. The molecule has 0 heterocycles. The van der Waals surface area contributed by atoms with Crippen molar-refractivity contribution in [2.75, 3.05) is 40.6 Å². The van der Waals surface area contributed by atoms with Crippen LogP contribution < -0.4 is 9.47 Å². The summed E-state index contributed by atoms with van der Waals surface area (Å²) >= 11 is 0. The van der Waals surface area contributed by atoms with Crippen LogP contribution in [0.25, 0.3) is 0 Å². The molecule has 1 unspecified atom stereocenters. The number of para-hydroxylation sites is 3. The van der Waals surface area contributed by atoms with E-state index in [1.807, 2.05) is 0 Å². The Morgan fingerprint density at radius 1 is 0.647 bits per heavy atom. The molecule has 0 aliphatic rings. The Morgan fingerprint density at radius 3 is 1.53 bits per heavy atom. The number of aliphatic hydroxyl groups is 3. The third-order valence-electron chi connectivity index (χ3n) is 6.81. The molecule has 0 aliphatic carbocycles. The third-order valence-corrected chi connectivity index (χ3v) is 6.81. The highest BCUT2D eigenvalue weighted by Gasteiger charge is 2.22. The van der Waals surface area contributed by atoms with Gasteiger partial charge in [0.15, 0.2) is 5.78 Å². The maximum Gasteiger partial charge on any atom is 0.341 e. The van der Waals surface area contributed by atoms with E-state index >= 15 is 0 Å². The van der Waals surface area contributed by atoms with Crippen molar-refractivity contribution in [1.29, 1.82) is 0 Å². The van der Waals surface area contributed by atoms with Crippen molar-refractivity contribution in [2.24, 2.45) is 0 Å². The average Bonchev–Trinajstić information content (AvgIpc) is 3.12. The largest absolute Gasteiger partial charge is 0.507 e. The van der Waals surface area contributed by atoms with Gasteiger partial charge in [-0.25, -0.2) is 19.2 Å². The number of phenols is 1. The minimum absolute atomic E-state index is 0.0217. The predicted octanol–water partition coefficient (Wildman–Crippen LogP) is 4.29. The first-order valence-corrected chi connectivity index (χ1v) is 15.7. The van der Waals surface area contributed by atoms with Crippen LogP contribution in [0.5, 0.6) is 17.2 Å². The van der Waals surface area contributed by atoms with Gasteiger partial charge in [-0.3, -0.25) is 4.79 Å². The zero-order valence-electron chi connectivity index (χ0n) is 28.8. The Balaban J connectivity index is 0.000000385. The smallest absolute Gasteiger partial charge is 0.341 e. The second-order valence-corrected chi connectivity index (χ2v) is 10.2. The number of ketones is 1. The Hall–Kier alpha value is -5.51. The van der Waals surface area contributed by atoms with Crippen molar-refractivity contribution in [3.05, 3.63) is 88.0 Å². The first-order valence-electron chi connectivity index (χ1n) is 15.7. The summed E-state index contributed by atoms with van der Waals surface area (Å²) in [5.41, 5.74) is 0.562. The number of benzene rings is 3. The number of methoxy groups -OCH3 is 2. The van der Waals surface area contributed by atoms with Gasteiger partial charge in [0.2, 0.25) is 0 Å². The molecule has 15 heteroatoms. The molecule has 278 valence electrons. The fourth-order valence-electron chi connectivity index (χ4n) is 4.46. The molecule has 3 aromatic rings. The lowest BCUT2D eigenvalue weighted by atomic mass is 10.0. The summed E-state index contributed by atoms with van der Waals surface area (Å²) in [7, 11) is 2.71. The number of carboxylic acids is 2. The summed E-state index contributed by atoms with van der Waals surface area (Å²) in [6, 6.07) is 13.2. The number of Topliss-reactive ketones (excluding diaryl/α,β-unsaturated/α-hetero) is 1. The van der Waals surface area contributed by atoms with Gasteiger partial charge in [0.25, 0.3) is 0 Å². The Kier molecular flexibility index (Phi) is 19.6. The van der Waals surface area contributed by atoms with Crippen molar-refractivity contribution >= 4 is 29.7 Å². The highest BCUT2D eigenvalue weighted by Crippen LogP contribution is 2.30. The van der Waals surface area contributed by atoms with E-state index < -0.39 is 35.7 Å². The second kappa shape index (κ2) is 23.0. The van der Waals surface area contributed by atoms with E-state index in [1.165, 1.54) is 50.6 Å². The lowest BCUT2D eigenvalue weighted by Gasteiger charge is -2.13. The number of hydrogen-bond acceptors (Lipinski definition) is 13. The molecule has 0 saturated heterocycles. The molecule has 0 radical (unpaired) electrons. The fourth-order valence-corrected chi connectivity index (χ4v) is 4.46. The highest BCUT2D eigenvalue weighted by atomic mass is 16.5. The Labute approximate surface area is 294 Å². The molecule has 0 aromatic heterocycles. The van der Waals surface area contributed by atoms with Crippen LogP contribution in [0.3, 0.4) is 0 Å². The molecule has 0 aliphatic heterocycles. The maximum atomic E-state index is 12.0. The number of carbonyl (C=O) groups is 5. The van der Waals surface area contributed by atoms with E-state index in [0.717, 1.165) is 0 Å². The molecule has 0 spiro atoms. The number of aliphatic hydroxyl groups excluding tert-OH is 3. The van der Waals surface area contributed by atoms with Crippen LogP contribution in [-0.2, 0) is 9.47 Å². The van der Waals surface area contributed by atoms with Gasteiger partial charge >= 0.3 is 23.9 Å². The Bertz CT molecular complexity index is 1620. The van der Waals surface area contributed by atoms with Crippen molar-refractivity contribution in [1.82, 2.24) is 0 Å². The molecular formula is C36H44O15. The highest BCUT2D eigenvalue weighted by molar-refractivity contribution is 6.03. The zero-order chi connectivity index (χ0) is 38.5. The molecule has 3 aromatic carbocycles. The van der Waals surface area contributed by atoms with Crippen LogP contribution in [0.4, 0.5) is 0 Å². The molecule has 0 bridgehead atoms. The SMILES string of the molecule is CCOC(=O)c1cccc(C(=O)CCCO)c1OC.CCOC(=O)c1cccc(C(=O)O)c1OC.O=C(O)c1cccc(C(O)CCCO)c1O. The molecule has 0 amide bonds. The van der Waals surface area contributed by atoms with Crippen molar-refractivity contribution in [3.8, 4) is 17.2 Å². The summed E-state index contributed by atoms with van der Waals surface area (Å²) in [6.07, 6.45) is 0.280. The lowest BCUT2D eigenvalue weighted by molar-refractivity contribution is 0.0512. The number of esters is 2. The average molecular weight is 717 g/mol. The minimum atomic E-state index is -1.24. The molecule has 1 atom stereocenters. The molecule has 0 saturated carbocycles. The minimum Gasteiger partial charge on any atom is -0.507 e. The number of rotatable bonds is 16. The van der Waals surface area contributed by atoms with Gasteiger partial charge in [0.1, 0.15) is 39.5 Å². The van der Waals surface area contributed by atoms with E-state index in [4.69, 9.17) is 39.4 Å². The van der Waals surface area contributed by atoms with Gasteiger partial charge < -0.3 is 49.6 Å². The molecule has 51 heavy (non-hydrogen) atoms. The number of hydrogen-bond donors (Lipinski definition) is 6. The van der Waals surface area contributed by atoms with Crippen LogP contribution in [0.2, 0.25) is 0 Å². The standard InChI is InChI=1S/C14H18O5.C11H12O5.C11H14O5/c1-3-19-14(17)11-7-4-6-10(13(11)18-2)12(16)8-5-9-15;1-3-16-11(14)8-6-4-5-7(10(12)13)9(8)15-2;12-6-2-5-9(13)7-3-1-4-8(10(7)14)11(15)16/h4,6-7,15H,3,5,8-9H2,1-2H3;4-6H,3H2,1-2H3,(H,12,13);1,3-4,9,12-14H,2,5-6H2,(H,15,16). The summed E-state index contributed by atoms with van der Waals surface area (Å²) in [6.45, 7) is 3.75. The van der Waals surface area contributed by atoms with Crippen molar-refractivity contribution in [2.45, 2.75) is 45.6 Å². The zero-order valence-corrected chi connectivity index (χ0v) is 28.8. The van der Waals surface area contributed by atoms with Crippen LogP contribution in [-0.4, -0.2) is 101 Å². The van der Waals surface area contributed by atoms with Crippen molar-refractivity contribution < 1.29 is 73.6 Å². The quantitative estimate of drug-likeness (QED) is 0.0894. The van der Waals surface area contributed by atoms with E-state index in [0.29, 0.717) is 18.4 Å². The number of ether oxygens (including phenoxy) is 4. The van der Waals surface area contributed by atoms with Crippen LogP contribution in [0.1, 0.15) is 103 Å². The van der Waals surface area contributed by atoms with Gasteiger partial charge in [-0.2, -0.15) is 0 Å². The molecule has 3 rings (SSSR count). The predicted molar refractivity (Wildman–Crippen MR) is 182 cm³/mol. The van der Waals surface area contributed by atoms with Gasteiger partial charge in [0.05, 0.1) is 39.1 Å². The lowest BCUT2D eigenvalue weighted by Crippen LogP contribution is -2.10. The van der Waals surface area contributed by atoms with Crippen molar-refractivity contribution in [3.63, 3.8) is 0 Å². The van der Waals surface area contributed by atoms with Crippen LogP contribution in [0, 0.1) is 0 Å². The van der Waals surface area contributed by atoms with Gasteiger partial charge in [-0.05, 0) is 63.4 Å². The summed E-state index contributed by atoms with van der Waals surface area (Å²) < 4.78 is 19.8. The second-order valence-electron chi connectivity index (χ2n) is 10.2. The first-order chi connectivity index (χ1) is 24.3. The molecule has 15 nitrogen and oxygen atoms in total. The van der Waals surface area contributed by atoms with E-state index in [-0.39, 0.29) is 84.4 Å². The monoisotopic (exact) mass is 716 g/mol. The Morgan fingerprint density at radius 2 is 1.08 bits per heavy atom. The molecular weight excluding hydrogens is 672 g/mol. The molecule has 6 N–H and O–H groups in total. The summed E-state index contributed by atoms with van der Waals surface area (Å²) in [5, 5.41) is 54.3. The van der Waals surface area contributed by atoms with Gasteiger partial charge in [-0.15, -0.1) is 0 Å². The fraction of sp³-hybridized carbons (Fsp3) is 0.361. The number of aromatic hydroxyl groups is 1. The molecule has 0 fully saturated rings. The third kappa shape index (κ3) is 13.0. The number of aromatic carboxylic acids is 2. The first kappa shape index (κ1) is 43.5. The van der Waals surface area contributed by atoms with Crippen LogP contribution >= 0.6 is 0 Å². The van der Waals surface area contributed by atoms with Gasteiger partial charge in [0, 0.05) is 25.2 Å². The van der Waals surface area contributed by atoms with Gasteiger partial charge in [-0.1, -0.05) is 24.3 Å². The summed E-state index contributed by atoms with van der Waals surface area (Å²) in [4.78, 5) is 56.8. The number of carbonyl (C=O) groups excluding carboxylic acids is 3.